The molecular formula is C31H25ClN4O2. The average molecular weight is 521 g/mol. The summed E-state index contributed by atoms with van der Waals surface area (Å²) < 4.78 is 11.0. The summed E-state index contributed by atoms with van der Waals surface area (Å²) >= 11 is 6.48. The van der Waals surface area contributed by atoms with Crippen LogP contribution in [-0.4, -0.2) is 19.2 Å². The number of nitriles is 1. The van der Waals surface area contributed by atoms with Crippen LogP contribution in [0.4, 0.5) is 0 Å². The summed E-state index contributed by atoms with van der Waals surface area (Å²) in [7, 11) is 3.21. The van der Waals surface area contributed by atoms with Crippen LogP contribution in [0, 0.1) is 11.3 Å². The van der Waals surface area contributed by atoms with Crippen LogP contribution < -0.4 is 20.5 Å². The Labute approximate surface area is 226 Å². The van der Waals surface area contributed by atoms with E-state index in [1.807, 2.05) is 54.6 Å². The first-order valence-electron chi connectivity index (χ1n) is 12.3. The molecule has 6 rings (SSSR count). The van der Waals surface area contributed by atoms with E-state index in [1.54, 1.807) is 14.2 Å². The van der Waals surface area contributed by atoms with Crippen LogP contribution in [0.5, 0.6) is 11.5 Å². The van der Waals surface area contributed by atoms with Gasteiger partial charge in [0.05, 0.1) is 37.1 Å². The van der Waals surface area contributed by atoms with Gasteiger partial charge in [0.2, 0.25) is 0 Å². The second-order valence-electron chi connectivity index (χ2n) is 9.35. The lowest BCUT2D eigenvalue weighted by Gasteiger charge is -2.35. The molecule has 7 heteroatoms. The molecular weight excluding hydrogens is 496 g/mol. The summed E-state index contributed by atoms with van der Waals surface area (Å²) in [5.41, 5.74) is 14.9. The SMILES string of the molecule is COc1ccc(C2C(C#N)=C(N)NC3=C2CCc2nc4ccc(Cl)cc4c(-c4ccccc4)c23)cc1OC. The van der Waals surface area contributed by atoms with Crippen molar-refractivity contribution in [2.45, 2.75) is 18.8 Å². The lowest BCUT2D eigenvalue weighted by Crippen LogP contribution is -2.32. The number of nitrogens with zero attached hydrogens (tertiary/aromatic N) is 2. The number of fused-ring (bicyclic) bond motifs is 3. The first-order chi connectivity index (χ1) is 18.5. The van der Waals surface area contributed by atoms with Gasteiger partial charge >= 0.3 is 0 Å². The fourth-order valence-electron chi connectivity index (χ4n) is 5.67. The second-order valence-corrected chi connectivity index (χ2v) is 9.78. The third-order valence-electron chi connectivity index (χ3n) is 7.34. The van der Waals surface area contributed by atoms with E-state index in [9.17, 15) is 5.26 Å². The molecule has 1 atom stereocenters. The molecule has 0 saturated heterocycles. The number of hydrogen-bond acceptors (Lipinski definition) is 6. The standard InChI is InChI=1S/C31H25ClN4O2/c1-37-25-13-8-18(14-26(25)38-2)27-20-10-12-24-29(30(20)36-31(34)22(27)16-33)28(17-6-4-3-5-7-17)21-15-19(32)9-11-23(21)35-24/h3-9,11,13-15,27,36H,10,12,34H2,1-2H3. The van der Waals surface area contributed by atoms with Crippen molar-refractivity contribution in [3.63, 3.8) is 0 Å². The molecule has 2 aliphatic rings. The van der Waals surface area contributed by atoms with Crippen LogP contribution in [0.15, 0.2) is 83.7 Å². The molecule has 4 aromatic rings. The van der Waals surface area contributed by atoms with Crippen LogP contribution in [0.25, 0.3) is 27.7 Å². The summed E-state index contributed by atoms with van der Waals surface area (Å²) in [5.74, 6) is 1.24. The number of ether oxygens (including phenoxy) is 2. The highest BCUT2D eigenvalue weighted by atomic mass is 35.5. The number of benzene rings is 3. The minimum Gasteiger partial charge on any atom is -0.493 e. The predicted molar refractivity (Wildman–Crippen MR) is 150 cm³/mol. The van der Waals surface area contributed by atoms with Gasteiger partial charge in [-0.2, -0.15) is 5.26 Å². The minimum atomic E-state index is -0.331. The lowest BCUT2D eigenvalue weighted by atomic mass is 9.74. The summed E-state index contributed by atoms with van der Waals surface area (Å²) in [4.78, 5) is 5.05. The zero-order chi connectivity index (χ0) is 26.4. The van der Waals surface area contributed by atoms with E-state index in [-0.39, 0.29) is 5.92 Å². The third kappa shape index (κ3) is 3.75. The first-order valence-corrected chi connectivity index (χ1v) is 12.7. The first kappa shape index (κ1) is 23.9. The average Bonchev–Trinajstić information content (AvgIpc) is 2.95. The Morgan fingerprint density at radius 3 is 2.50 bits per heavy atom. The molecule has 1 aromatic heterocycles. The predicted octanol–water partition coefficient (Wildman–Crippen LogP) is 6.31. The number of aryl methyl sites for hydroxylation is 1. The molecule has 1 aliphatic carbocycles. The number of allylic oxidation sites excluding steroid dienone is 2. The molecule has 0 saturated carbocycles. The van der Waals surface area contributed by atoms with E-state index >= 15 is 0 Å². The van der Waals surface area contributed by atoms with Crippen molar-refractivity contribution in [3.05, 3.63) is 106 Å². The van der Waals surface area contributed by atoms with E-state index in [1.165, 1.54) is 0 Å². The fraction of sp³-hybridized carbons (Fsp3) is 0.161. The number of aromatic nitrogens is 1. The van der Waals surface area contributed by atoms with E-state index in [2.05, 4.69) is 23.5 Å². The largest absolute Gasteiger partial charge is 0.493 e. The highest BCUT2D eigenvalue weighted by Crippen LogP contribution is 2.49. The monoisotopic (exact) mass is 520 g/mol. The van der Waals surface area contributed by atoms with Gasteiger partial charge < -0.3 is 20.5 Å². The molecule has 0 radical (unpaired) electrons. The van der Waals surface area contributed by atoms with Gasteiger partial charge in [-0.05, 0) is 59.9 Å². The molecule has 0 amide bonds. The number of nitrogens with two attached hydrogens (primary N) is 1. The smallest absolute Gasteiger partial charge is 0.161 e. The Kier molecular flexibility index (Phi) is 5.94. The molecule has 2 heterocycles. The number of nitrogens with one attached hydrogen (secondary N) is 1. The van der Waals surface area contributed by atoms with Crippen LogP contribution in [0.3, 0.4) is 0 Å². The van der Waals surface area contributed by atoms with Crippen molar-refractivity contribution in [3.8, 4) is 28.7 Å². The van der Waals surface area contributed by atoms with Gasteiger partial charge in [0, 0.05) is 33.2 Å². The molecule has 1 aliphatic heterocycles. The topological polar surface area (TPSA) is 93.2 Å². The Balaban J connectivity index is 1.65. The van der Waals surface area contributed by atoms with Crippen molar-refractivity contribution < 1.29 is 9.47 Å². The van der Waals surface area contributed by atoms with E-state index in [0.29, 0.717) is 27.9 Å². The number of rotatable bonds is 4. The zero-order valence-corrected chi connectivity index (χ0v) is 21.8. The molecule has 0 fully saturated rings. The number of dihydropyridines is 1. The number of pyridine rings is 1. The van der Waals surface area contributed by atoms with Gasteiger partial charge in [0.15, 0.2) is 11.5 Å². The molecule has 188 valence electrons. The van der Waals surface area contributed by atoms with Gasteiger partial charge in [0.1, 0.15) is 5.82 Å². The quantitative estimate of drug-likeness (QED) is 0.327. The van der Waals surface area contributed by atoms with Crippen molar-refractivity contribution in [2.24, 2.45) is 5.73 Å². The summed E-state index contributed by atoms with van der Waals surface area (Å²) in [6.45, 7) is 0. The Morgan fingerprint density at radius 1 is 0.974 bits per heavy atom. The fourth-order valence-corrected chi connectivity index (χ4v) is 5.84. The van der Waals surface area contributed by atoms with Gasteiger partial charge in [-0.25, -0.2) is 0 Å². The van der Waals surface area contributed by atoms with E-state index in [0.717, 1.165) is 63.0 Å². The normalized spacial score (nSPS) is 16.4. The molecule has 3 aromatic carbocycles. The van der Waals surface area contributed by atoms with Gasteiger partial charge in [-0.1, -0.05) is 48.0 Å². The maximum atomic E-state index is 10.2. The van der Waals surface area contributed by atoms with Crippen molar-refractivity contribution in [1.82, 2.24) is 10.3 Å². The van der Waals surface area contributed by atoms with Crippen LogP contribution >= 0.6 is 11.6 Å². The Morgan fingerprint density at radius 2 is 1.76 bits per heavy atom. The molecule has 0 bridgehead atoms. The number of hydrogen-bond donors (Lipinski definition) is 2. The minimum absolute atomic E-state index is 0.331. The highest BCUT2D eigenvalue weighted by Gasteiger charge is 2.36. The van der Waals surface area contributed by atoms with Crippen molar-refractivity contribution in [2.75, 3.05) is 14.2 Å². The number of halogens is 1. The summed E-state index contributed by atoms with van der Waals surface area (Å²) in [6.07, 6.45) is 1.46. The van der Waals surface area contributed by atoms with Gasteiger partial charge in [-0.15, -0.1) is 0 Å². The number of methoxy groups -OCH3 is 2. The van der Waals surface area contributed by atoms with Crippen molar-refractivity contribution >= 4 is 28.2 Å². The maximum absolute atomic E-state index is 10.2. The lowest BCUT2D eigenvalue weighted by molar-refractivity contribution is 0.354. The third-order valence-corrected chi connectivity index (χ3v) is 7.57. The van der Waals surface area contributed by atoms with Crippen LogP contribution in [-0.2, 0) is 6.42 Å². The zero-order valence-electron chi connectivity index (χ0n) is 21.0. The van der Waals surface area contributed by atoms with Crippen LogP contribution in [0.1, 0.15) is 29.2 Å². The van der Waals surface area contributed by atoms with E-state index < -0.39 is 0 Å². The molecule has 3 N–H and O–H groups in total. The Hall–Kier alpha value is -4.47. The highest BCUT2D eigenvalue weighted by molar-refractivity contribution is 6.31. The summed E-state index contributed by atoms with van der Waals surface area (Å²) in [5, 5.41) is 15.2. The van der Waals surface area contributed by atoms with Gasteiger partial charge in [0.25, 0.3) is 0 Å². The van der Waals surface area contributed by atoms with Crippen molar-refractivity contribution in [1.29, 1.82) is 5.26 Å². The maximum Gasteiger partial charge on any atom is 0.161 e. The molecule has 1 unspecified atom stereocenters. The Bertz CT molecular complexity index is 1700. The molecule has 0 spiro atoms. The van der Waals surface area contributed by atoms with Gasteiger partial charge in [-0.3, -0.25) is 4.98 Å². The second kappa shape index (κ2) is 9.44. The molecule has 38 heavy (non-hydrogen) atoms. The van der Waals surface area contributed by atoms with E-state index in [4.69, 9.17) is 31.8 Å². The van der Waals surface area contributed by atoms with Crippen LogP contribution in [0.2, 0.25) is 5.02 Å². The molecule has 6 nitrogen and oxygen atoms in total. The summed E-state index contributed by atoms with van der Waals surface area (Å²) in [6, 6.07) is 24.2.